The van der Waals surface area contributed by atoms with Crippen molar-refractivity contribution in [1.29, 1.82) is 0 Å². The van der Waals surface area contributed by atoms with E-state index in [4.69, 9.17) is 14.2 Å². The number of hydrogen-bond acceptors (Lipinski definition) is 6. The summed E-state index contributed by atoms with van der Waals surface area (Å²) in [4.78, 5) is 0. The first-order valence-electron chi connectivity index (χ1n) is 5.23. The summed E-state index contributed by atoms with van der Waals surface area (Å²) < 4.78 is 42.8. The van der Waals surface area contributed by atoms with Gasteiger partial charge < -0.3 is 14.2 Å². The summed E-state index contributed by atoms with van der Waals surface area (Å²) >= 11 is 0. The molecule has 0 N–H and O–H groups in total. The van der Waals surface area contributed by atoms with Gasteiger partial charge in [-0.15, -0.1) is 0 Å². The standard InChI is InChI=1S/C9H16O6S/c1-16(10,11)14-6-8-5-13-9(15-8)3-2-4-12-7-9/h8H,2-7H2,1H3. The maximum atomic E-state index is 10.8. The Morgan fingerprint density at radius 2 is 2.31 bits per heavy atom. The van der Waals surface area contributed by atoms with Gasteiger partial charge in [-0.25, -0.2) is 0 Å². The zero-order chi connectivity index (χ0) is 11.6. The molecule has 94 valence electrons. The Balaban J connectivity index is 1.83. The molecular formula is C9H16O6S. The van der Waals surface area contributed by atoms with Gasteiger partial charge in [0.25, 0.3) is 10.1 Å². The van der Waals surface area contributed by atoms with Gasteiger partial charge in [-0.05, 0) is 6.42 Å². The average molecular weight is 252 g/mol. The third-order valence-corrected chi connectivity index (χ3v) is 3.11. The van der Waals surface area contributed by atoms with Crippen LogP contribution < -0.4 is 0 Å². The number of rotatable bonds is 3. The first kappa shape index (κ1) is 12.3. The van der Waals surface area contributed by atoms with Crippen molar-refractivity contribution < 1.29 is 26.8 Å². The van der Waals surface area contributed by atoms with E-state index in [0.29, 0.717) is 13.2 Å². The highest BCUT2D eigenvalue weighted by Crippen LogP contribution is 2.31. The van der Waals surface area contributed by atoms with E-state index in [2.05, 4.69) is 4.18 Å². The summed E-state index contributed by atoms with van der Waals surface area (Å²) in [5.74, 6) is -0.677. The molecule has 2 atom stereocenters. The molecule has 0 aromatic rings. The van der Waals surface area contributed by atoms with Crippen molar-refractivity contribution in [2.24, 2.45) is 0 Å². The number of hydrogen-bond donors (Lipinski definition) is 0. The minimum atomic E-state index is -3.42. The Morgan fingerprint density at radius 3 is 2.94 bits per heavy atom. The maximum absolute atomic E-state index is 10.8. The van der Waals surface area contributed by atoms with Gasteiger partial charge in [0.1, 0.15) is 12.7 Å². The van der Waals surface area contributed by atoms with E-state index < -0.39 is 15.9 Å². The molecule has 0 aliphatic carbocycles. The molecule has 2 rings (SSSR count). The molecule has 0 aromatic heterocycles. The molecule has 2 fully saturated rings. The molecule has 7 heteroatoms. The van der Waals surface area contributed by atoms with Crippen molar-refractivity contribution in [3.63, 3.8) is 0 Å². The van der Waals surface area contributed by atoms with Crippen LogP contribution in [0.5, 0.6) is 0 Å². The van der Waals surface area contributed by atoms with E-state index in [1.807, 2.05) is 0 Å². The van der Waals surface area contributed by atoms with Gasteiger partial charge in [0.05, 0.1) is 19.5 Å². The maximum Gasteiger partial charge on any atom is 0.264 e. The molecule has 0 amide bonds. The fourth-order valence-corrected chi connectivity index (χ4v) is 2.25. The fraction of sp³-hybridized carbons (Fsp3) is 1.00. The van der Waals surface area contributed by atoms with E-state index in [0.717, 1.165) is 25.7 Å². The highest BCUT2D eigenvalue weighted by atomic mass is 32.2. The van der Waals surface area contributed by atoms with Crippen molar-refractivity contribution in [2.45, 2.75) is 24.7 Å². The summed E-state index contributed by atoms with van der Waals surface area (Å²) in [6.07, 6.45) is 2.35. The molecule has 0 bridgehead atoms. The SMILES string of the molecule is CS(=O)(=O)OCC1COC2(CCCOC2)O1. The van der Waals surface area contributed by atoms with Crippen molar-refractivity contribution >= 4 is 10.1 Å². The van der Waals surface area contributed by atoms with Gasteiger partial charge in [0.2, 0.25) is 0 Å². The van der Waals surface area contributed by atoms with E-state index in [9.17, 15) is 8.42 Å². The molecular weight excluding hydrogens is 236 g/mol. The van der Waals surface area contributed by atoms with E-state index in [1.165, 1.54) is 0 Å². The molecule has 2 aliphatic rings. The lowest BCUT2D eigenvalue weighted by Crippen LogP contribution is -2.40. The largest absolute Gasteiger partial charge is 0.376 e. The Bertz CT molecular complexity index is 332. The van der Waals surface area contributed by atoms with Crippen molar-refractivity contribution in [3.8, 4) is 0 Å². The Kier molecular flexibility index (Phi) is 3.50. The Labute approximate surface area is 94.9 Å². The highest BCUT2D eigenvalue weighted by molar-refractivity contribution is 7.85. The van der Waals surface area contributed by atoms with Crippen LogP contribution in [0.2, 0.25) is 0 Å². The lowest BCUT2D eigenvalue weighted by atomic mass is 10.1. The number of ether oxygens (including phenoxy) is 3. The van der Waals surface area contributed by atoms with Gasteiger partial charge in [-0.1, -0.05) is 0 Å². The van der Waals surface area contributed by atoms with Crippen LogP contribution in [0.25, 0.3) is 0 Å². The van der Waals surface area contributed by atoms with Gasteiger partial charge >= 0.3 is 0 Å². The average Bonchev–Trinajstić information content (AvgIpc) is 2.59. The van der Waals surface area contributed by atoms with Crippen LogP contribution in [0.1, 0.15) is 12.8 Å². The lowest BCUT2D eigenvalue weighted by Gasteiger charge is -2.31. The molecule has 2 unspecified atom stereocenters. The Morgan fingerprint density at radius 1 is 1.50 bits per heavy atom. The fourth-order valence-electron chi connectivity index (χ4n) is 1.85. The van der Waals surface area contributed by atoms with Crippen LogP contribution in [-0.2, 0) is 28.5 Å². The minimum Gasteiger partial charge on any atom is -0.376 e. The Hall–Kier alpha value is -0.210. The topological polar surface area (TPSA) is 71.1 Å². The molecule has 2 aliphatic heterocycles. The predicted octanol–water partition coefficient (Wildman–Crippen LogP) is -0.115. The van der Waals surface area contributed by atoms with Crippen molar-refractivity contribution in [3.05, 3.63) is 0 Å². The molecule has 1 spiro atoms. The zero-order valence-electron chi connectivity index (χ0n) is 9.18. The van der Waals surface area contributed by atoms with Gasteiger partial charge in [-0.2, -0.15) is 8.42 Å². The van der Waals surface area contributed by atoms with Crippen molar-refractivity contribution in [1.82, 2.24) is 0 Å². The summed E-state index contributed by atoms with van der Waals surface area (Å²) in [5.41, 5.74) is 0. The zero-order valence-corrected chi connectivity index (χ0v) is 9.99. The van der Waals surface area contributed by atoms with Crippen molar-refractivity contribution in [2.75, 3.05) is 32.7 Å². The van der Waals surface area contributed by atoms with E-state index in [1.54, 1.807) is 0 Å². The minimum absolute atomic E-state index is 0.000579. The summed E-state index contributed by atoms with van der Waals surface area (Å²) in [6.45, 7) is 1.47. The quantitative estimate of drug-likeness (QED) is 0.652. The van der Waals surface area contributed by atoms with Gasteiger partial charge in [-0.3, -0.25) is 4.18 Å². The molecule has 0 saturated carbocycles. The van der Waals surface area contributed by atoms with Gasteiger partial charge in [0, 0.05) is 13.0 Å². The molecule has 6 nitrogen and oxygen atoms in total. The third kappa shape index (κ3) is 3.14. The molecule has 0 aromatic carbocycles. The van der Waals surface area contributed by atoms with Crippen LogP contribution in [0.15, 0.2) is 0 Å². The first-order valence-corrected chi connectivity index (χ1v) is 7.05. The van der Waals surface area contributed by atoms with Crippen LogP contribution >= 0.6 is 0 Å². The lowest BCUT2D eigenvalue weighted by molar-refractivity contribution is -0.226. The second kappa shape index (κ2) is 4.58. The summed E-state index contributed by atoms with van der Waals surface area (Å²) in [6, 6.07) is 0. The van der Waals surface area contributed by atoms with Crippen LogP contribution in [-0.4, -0.2) is 53.0 Å². The molecule has 16 heavy (non-hydrogen) atoms. The molecule has 2 saturated heterocycles. The molecule has 2 heterocycles. The van der Waals surface area contributed by atoms with Crippen LogP contribution in [0.4, 0.5) is 0 Å². The molecule has 0 radical (unpaired) electrons. The summed E-state index contributed by atoms with van der Waals surface area (Å²) in [7, 11) is -3.42. The van der Waals surface area contributed by atoms with E-state index in [-0.39, 0.29) is 12.7 Å². The first-order chi connectivity index (χ1) is 7.49. The van der Waals surface area contributed by atoms with Gasteiger partial charge in [0.15, 0.2) is 5.79 Å². The summed E-state index contributed by atoms with van der Waals surface area (Å²) in [5, 5.41) is 0. The van der Waals surface area contributed by atoms with Crippen LogP contribution in [0.3, 0.4) is 0 Å². The monoisotopic (exact) mass is 252 g/mol. The smallest absolute Gasteiger partial charge is 0.264 e. The third-order valence-electron chi connectivity index (χ3n) is 2.55. The second-order valence-corrected chi connectivity index (χ2v) is 5.75. The van der Waals surface area contributed by atoms with E-state index >= 15 is 0 Å². The normalized spacial score (nSPS) is 35.7. The predicted molar refractivity (Wildman–Crippen MR) is 54.4 cm³/mol. The van der Waals surface area contributed by atoms with Crippen LogP contribution in [0, 0.1) is 0 Å². The second-order valence-electron chi connectivity index (χ2n) is 4.11. The highest BCUT2D eigenvalue weighted by Gasteiger charge is 2.43.